The van der Waals surface area contributed by atoms with E-state index in [-0.39, 0.29) is 11.5 Å². The van der Waals surface area contributed by atoms with Gasteiger partial charge in [-0.05, 0) is 54.6 Å². The van der Waals surface area contributed by atoms with Crippen molar-refractivity contribution in [1.29, 1.82) is 5.26 Å². The van der Waals surface area contributed by atoms with E-state index in [0.717, 1.165) is 5.69 Å². The molecule has 0 aliphatic heterocycles. The molecule has 6 nitrogen and oxygen atoms in total. The van der Waals surface area contributed by atoms with Gasteiger partial charge in [0, 0.05) is 17.4 Å². The second kappa shape index (κ2) is 7.23. The summed E-state index contributed by atoms with van der Waals surface area (Å²) in [6.45, 7) is 0. The number of carbonyl (C=O) groups is 1. The zero-order chi connectivity index (χ0) is 17.6. The Bertz CT molecular complexity index is 929. The number of nitriles is 1. The molecule has 1 aromatic heterocycles. The van der Waals surface area contributed by atoms with Gasteiger partial charge >= 0.3 is 0 Å². The van der Waals surface area contributed by atoms with Crippen LogP contribution in [0.25, 0.3) is 0 Å². The molecule has 2 aromatic carbocycles. The second-order valence-electron chi connectivity index (χ2n) is 5.14. The summed E-state index contributed by atoms with van der Waals surface area (Å²) in [6.07, 6.45) is 1.52. The molecule has 0 radical (unpaired) electrons. The summed E-state index contributed by atoms with van der Waals surface area (Å²) in [7, 11) is 1.57. The summed E-state index contributed by atoms with van der Waals surface area (Å²) in [5.74, 6) is 0.791. The molecule has 0 amide bonds. The van der Waals surface area contributed by atoms with Crippen molar-refractivity contribution in [3.63, 3.8) is 0 Å². The first-order valence-corrected chi connectivity index (χ1v) is 7.48. The number of ether oxygens (including phenoxy) is 1. The molecule has 0 aliphatic rings. The fourth-order valence-corrected chi connectivity index (χ4v) is 2.19. The highest BCUT2D eigenvalue weighted by atomic mass is 16.5. The van der Waals surface area contributed by atoms with E-state index in [0.29, 0.717) is 22.8 Å². The lowest BCUT2D eigenvalue weighted by Crippen LogP contribution is -2.07. The van der Waals surface area contributed by atoms with Crippen molar-refractivity contribution in [3.8, 4) is 11.8 Å². The molecule has 0 fully saturated rings. The molecule has 0 atom stereocenters. The summed E-state index contributed by atoms with van der Waals surface area (Å²) in [6, 6.07) is 17.3. The number of anilines is 2. The van der Waals surface area contributed by atoms with Gasteiger partial charge in [0.05, 0.1) is 18.7 Å². The van der Waals surface area contributed by atoms with Crippen LogP contribution in [0.4, 0.5) is 11.6 Å². The van der Waals surface area contributed by atoms with Crippen molar-refractivity contribution in [2.75, 3.05) is 12.4 Å². The standard InChI is InChI=1S/C19H14N4O2/c1-25-16-8-4-14(5-9-16)18(24)17-10-11-21-19(23-17)22-15-6-2-13(12-20)3-7-15/h2-11H,1H3,(H,21,22,23). The van der Waals surface area contributed by atoms with Gasteiger partial charge in [-0.2, -0.15) is 5.26 Å². The van der Waals surface area contributed by atoms with E-state index in [1.807, 2.05) is 0 Å². The number of rotatable bonds is 5. The van der Waals surface area contributed by atoms with Crippen LogP contribution in [0.5, 0.6) is 5.75 Å². The lowest BCUT2D eigenvalue weighted by molar-refractivity contribution is 0.103. The largest absolute Gasteiger partial charge is 0.497 e. The molecule has 0 aliphatic carbocycles. The first-order chi connectivity index (χ1) is 12.2. The van der Waals surface area contributed by atoms with Crippen molar-refractivity contribution in [2.24, 2.45) is 0 Å². The number of benzene rings is 2. The van der Waals surface area contributed by atoms with Crippen LogP contribution < -0.4 is 10.1 Å². The summed E-state index contributed by atoms with van der Waals surface area (Å²) in [5.41, 5.74) is 2.10. The average Bonchev–Trinajstić information content (AvgIpc) is 2.68. The van der Waals surface area contributed by atoms with Crippen LogP contribution in [0, 0.1) is 11.3 Å². The Hall–Kier alpha value is -3.72. The van der Waals surface area contributed by atoms with E-state index >= 15 is 0 Å². The van der Waals surface area contributed by atoms with Gasteiger partial charge in [-0.3, -0.25) is 4.79 Å². The molecule has 0 unspecified atom stereocenters. The number of nitrogens with zero attached hydrogens (tertiary/aromatic N) is 3. The van der Waals surface area contributed by atoms with Crippen LogP contribution >= 0.6 is 0 Å². The predicted molar refractivity (Wildman–Crippen MR) is 92.9 cm³/mol. The maximum Gasteiger partial charge on any atom is 0.227 e. The Kier molecular flexibility index (Phi) is 4.67. The normalized spacial score (nSPS) is 9.92. The fraction of sp³-hybridized carbons (Fsp3) is 0.0526. The first kappa shape index (κ1) is 16.1. The molecule has 0 bridgehead atoms. The molecule has 122 valence electrons. The maximum atomic E-state index is 12.5. The Morgan fingerprint density at radius 2 is 1.80 bits per heavy atom. The summed E-state index contributed by atoms with van der Waals surface area (Å²) in [4.78, 5) is 20.9. The average molecular weight is 330 g/mol. The molecule has 3 rings (SSSR count). The monoisotopic (exact) mass is 330 g/mol. The molecule has 1 N–H and O–H groups in total. The fourth-order valence-electron chi connectivity index (χ4n) is 2.19. The lowest BCUT2D eigenvalue weighted by atomic mass is 10.1. The summed E-state index contributed by atoms with van der Waals surface area (Å²) in [5, 5.41) is 11.8. The minimum absolute atomic E-state index is 0.201. The summed E-state index contributed by atoms with van der Waals surface area (Å²) < 4.78 is 5.09. The van der Waals surface area contributed by atoms with E-state index in [1.165, 1.54) is 6.20 Å². The minimum Gasteiger partial charge on any atom is -0.497 e. The molecule has 3 aromatic rings. The molecule has 0 saturated heterocycles. The number of aromatic nitrogens is 2. The maximum absolute atomic E-state index is 12.5. The smallest absolute Gasteiger partial charge is 0.227 e. The molecule has 0 saturated carbocycles. The number of methoxy groups -OCH3 is 1. The van der Waals surface area contributed by atoms with Gasteiger partial charge in [0.15, 0.2) is 0 Å². The van der Waals surface area contributed by atoms with Gasteiger partial charge < -0.3 is 10.1 Å². The van der Waals surface area contributed by atoms with E-state index < -0.39 is 0 Å². The minimum atomic E-state index is -0.201. The molecule has 25 heavy (non-hydrogen) atoms. The van der Waals surface area contributed by atoms with Crippen molar-refractivity contribution in [1.82, 2.24) is 9.97 Å². The Morgan fingerprint density at radius 1 is 1.08 bits per heavy atom. The number of carbonyl (C=O) groups excluding carboxylic acids is 1. The van der Waals surface area contributed by atoms with Crippen LogP contribution in [-0.4, -0.2) is 22.9 Å². The highest BCUT2D eigenvalue weighted by Crippen LogP contribution is 2.17. The van der Waals surface area contributed by atoms with Crippen LogP contribution in [0.3, 0.4) is 0 Å². The van der Waals surface area contributed by atoms with Crippen LogP contribution in [0.1, 0.15) is 21.6 Å². The number of ketones is 1. The van der Waals surface area contributed by atoms with Gasteiger partial charge in [-0.25, -0.2) is 9.97 Å². The molecule has 1 heterocycles. The highest BCUT2D eigenvalue weighted by Gasteiger charge is 2.12. The Morgan fingerprint density at radius 3 is 2.44 bits per heavy atom. The second-order valence-corrected chi connectivity index (χ2v) is 5.14. The summed E-state index contributed by atoms with van der Waals surface area (Å²) >= 11 is 0. The Labute approximate surface area is 144 Å². The molecular formula is C19H14N4O2. The van der Waals surface area contributed by atoms with Gasteiger partial charge in [0.1, 0.15) is 11.4 Å². The van der Waals surface area contributed by atoms with Crippen molar-refractivity contribution in [3.05, 3.63) is 77.6 Å². The quantitative estimate of drug-likeness (QED) is 0.722. The third-order valence-corrected chi connectivity index (χ3v) is 3.51. The van der Waals surface area contributed by atoms with E-state index in [4.69, 9.17) is 10.00 Å². The number of nitrogens with one attached hydrogen (secondary N) is 1. The molecule has 0 spiro atoms. The van der Waals surface area contributed by atoms with Crippen molar-refractivity contribution >= 4 is 17.4 Å². The lowest BCUT2D eigenvalue weighted by Gasteiger charge is -2.07. The third kappa shape index (κ3) is 3.79. The van der Waals surface area contributed by atoms with E-state index in [1.54, 1.807) is 61.7 Å². The molecular weight excluding hydrogens is 316 g/mol. The highest BCUT2D eigenvalue weighted by molar-refractivity contribution is 6.07. The topological polar surface area (TPSA) is 87.9 Å². The van der Waals surface area contributed by atoms with Crippen molar-refractivity contribution in [2.45, 2.75) is 0 Å². The Balaban J connectivity index is 1.80. The van der Waals surface area contributed by atoms with Gasteiger partial charge in [-0.1, -0.05) is 0 Å². The first-order valence-electron chi connectivity index (χ1n) is 7.48. The van der Waals surface area contributed by atoms with Gasteiger partial charge in [0.2, 0.25) is 11.7 Å². The van der Waals surface area contributed by atoms with E-state index in [2.05, 4.69) is 21.4 Å². The van der Waals surface area contributed by atoms with Crippen molar-refractivity contribution < 1.29 is 9.53 Å². The zero-order valence-corrected chi connectivity index (χ0v) is 13.4. The van der Waals surface area contributed by atoms with E-state index in [9.17, 15) is 4.79 Å². The van der Waals surface area contributed by atoms with Crippen LogP contribution in [0.2, 0.25) is 0 Å². The SMILES string of the molecule is COc1ccc(C(=O)c2ccnc(Nc3ccc(C#N)cc3)n2)cc1. The zero-order valence-electron chi connectivity index (χ0n) is 13.4. The van der Waals surface area contributed by atoms with Crippen LogP contribution in [0.15, 0.2) is 60.8 Å². The molecule has 6 heteroatoms. The van der Waals surface area contributed by atoms with Gasteiger partial charge in [0.25, 0.3) is 0 Å². The number of hydrogen-bond acceptors (Lipinski definition) is 6. The number of hydrogen-bond donors (Lipinski definition) is 1. The van der Waals surface area contributed by atoms with Crippen LogP contribution in [-0.2, 0) is 0 Å². The predicted octanol–water partition coefficient (Wildman–Crippen LogP) is 3.33. The van der Waals surface area contributed by atoms with Gasteiger partial charge in [-0.15, -0.1) is 0 Å². The third-order valence-electron chi connectivity index (χ3n) is 3.51.